The summed E-state index contributed by atoms with van der Waals surface area (Å²) < 4.78 is 12.9. The molecule has 23 heavy (non-hydrogen) atoms. The highest BCUT2D eigenvalue weighted by atomic mass is 19.1. The molecule has 0 aromatic heterocycles. The van der Waals surface area contributed by atoms with Crippen molar-refractivity contribution in [1.29, 1.82) is 0 Å². The molecule has 0 fully saturated rings. The van der Waals surface area contributed by atoms with Crippen LogP contribution in [0.1, 0.15) is 18.5 Å². The fraction of sp³-hybridized carbons (Fsp3) is 0.188. The maximum absolute atomic E-state index is 12.9. The Kier molecular flexibility index (Phi) is 5.24. The van der Waals surface area contributed by atoms with Crippen molar-refractivity contribution in [2.75, 3.05) is 11.9 Å². The van der Waals surface area contributed by atoms with Gasteiger partial charge in [-0.3, -0.25) is 14.9 Å². The Balaban J connectivity index is 1.88. The van der Waals surface area contributed by atoms with Crippen molar-refractivity contribution < 1.29 is 14.1 Å². The molecule has 0 unspecified atom stereocenters. The number of nitrogens with zero attached hydrogens (tertiary/aromatic N) is 1. The second kappa shape index (κ2) is 7.35. The lowest BCUT2D eigenvalue weighted by molar-refractivity contribution is -0.384. The van der Waals surface area contributed by atoms with E-state index in [-0.39, 0.29) is 30.0 Å². The Morgan fingerprint density at radius 1 is 1.26 bits per heavy atom. The Hall–Kier alpha value is -2.96. The summed E-state index contributed by atoms with van der Waals surface area (Å²) in [5, 5.41) is 16.3. The van der Waals surface area contributed by atoms with Crippen LogP contribution in [0.4, 0.5) is 15.8 Å². The number of nitro groups is 1. The largest absolute Gasteiger partial charge is 0.376 e. The van der Waals surface area contributed by atoms with Crippen molar-refractivity contribution in [3.8, 4) is 0 Å². The van der Waals surface area contributed by atoms with Gasteiger partial charge in [-0.1, -0.05) is 18.2 Å². The molecule has 0 saturated carbocycles. The first-order valence-electron chi connectivity index (χ1n) is 6.99. The van der Waals surface area contributed by atoms with E-state index in [1.807, 2.05) is 0 Å². The number of benzene rings is 2. The first kappa shape index (κ1) is 16.4. The summed E-state index contributed by atoms with van der Waals surface area (Å²) in [6, 6.07) is 11.5. The molecule has 2 aromatic rings. The van der Waals surface area contributed by atoms with Crippen LogP contribution in [0.2, 0.25) is 0 Å². The summed E-state index contributed by atoms with van der Waals surface area (Å²) in [4.78, 5) is 22.1. The number of amides is 1. The number of nitro benzene ring substituents is 1. The van der Waals surface area contributed by atoms with Gasteiger partial charge in [0.15, 0.2) is 0 Å². The van der Waals surface area contributed by atoms with Crippen molar-refractivity contribution in [2.24, 2.45) is 0 Å². The maximum Gasteiger partial charge on any atom is 0.271 e. The molecule has 0 aliphatic heterocycles. The molecule has 0 heterocycles. The van der Waals surface area contributed by atoms with E-state index in [4.69, 9.17) is 0 Å². The quantitative estimate of drug-likeness (QED) is 0.633. The monoisotopic (exact) mass is 317 g/mol. The van der Waals surface area contributed by atoms with Crippen molar-refractivity contribution in [2.45, 2.75) is 13.0 Å². The normalized spacial score (nSPS) is 11.6. The van der Waals surface area contributed by atoms with Gasteiger partial charge in [-0.05, 0) is 30.7 Å². The maximum atomic E-state index is 12.9. The molecule has 0 spiro atoms. The zero-order chi connectivity index (χ0) is 16.8. The second-order valence-corrected chi connectivity index (χ2v) is 5.00. The number of hydrogen-bond donors (Lipinski definition) is 2. The van der Waals surface area contributed by atoms with Crippen LogP contribution >= 0.6 is 0 Å². The van der Waals surface area contributed by atoms with Crippen molar-refractivity contribution in [3.63, 3.8) is 0 Å². The topological polar surface area (TPSA) is 84.3 Å². The Morgan fingerprint density at radius 2 is 1.96 bits per heavy atom. The number of carbonyl (C=O) groups excluding carboxylic acids is 1. The van der Waals surface area contributed by atoms with Crippen LogP contribution in [0.5, 0.6) is 0 Å². The van der Waals surface area contributed by atoms with Gasteiger partial charge < -0.3 is 10.6 Å². The summed E-state index contributed by atoms with van der Waals surface area (Å²) in [5.74, 6) is -0.604. The van der Waals surface area contributed by atoms with E-state index in [0.29, 0.717) is 5.69 Å². The molecule has 1 amide bonds. The fourth-order valence-electron chi connectivity index (χ4n) is 2.04. The van der Waals surface area contributed by atoms with Gasteiger partial charge in [0, 0.05) is 17.8 Å². The number of hydrogen-bond acceptors (Lipinski definition) is 4. The highest BCUT2D eigenvalue weighted by Gasteiger charge is 2.10. The van der Waals surface area contributed by atoms with Crippen LogP contribution in [0.3, 0.4) is 0 Å². The Morgan fingerprint density at radius 3 is 2.61 bits per heavy atom. The van der Waals surface area contributed by atoms with E-state index in [9.17, 15) is 19.3 Å². The third-order valence-electron chi connectivity index (χ3n) is 3.26. The first-order chi connectivity index (χ1) is 11.0. The van der Waals surface area contributed by atoms with Crippen molar-refractivity contribution >= 4 is 17.3 Å². The van der Waals surface area contributed by atoms with Crippen LogP contribution in [-0.2, 0) is 4.79 Å². The van der Waals surface area contributed by atoms with Gasteiger partial charge in [-0.25, -0.2) is 4.39 Å². The molecule has 0 aliphatic rings. The van der Waals surface area contributed by atoms with E-state index >= 15 is 0 Å². The lowest BCUT2D eigenvalue weighted by atomic mass is 10.1. The molecule has 0 radical (unpaired) electrons. The SMILES string of the molecule is C[C@@H](NC(=O)CNc1cccc([N+](=O)[O-])c1)c1ccc(F)cc1. The summed E-state index contributed by atoms with van der Waals surface area (Å²) in [5.41, 5.74) is 1.23. The van der Waals surface area contributed by atoms with E-state index in [1.54, 1.807) is 31.2 Å². The molecule has 120 valence electrons. The molecule has 7 heteroatoms. The van der Waals surface area contributed by atoms with Crippen LogP contribution < -0.4 is 10.6 Å². The van der Waals surface area contributed by atoms with Gasteiger partial charge in [0.25, 0.3) is 5.69 Å². The minimum absolute atomic E-state index is 0.0211. The molecular formula is C16H16FN3O3. The number of halogens is 1. The molecule has 2 aromatic carbocycles. The number of non-ortho nitro benzene ring substituents is 1. The molecule has 2 rings (SSSR count). The van der Waals surface area contributed by atoms with Gasteiger partial charge in [0.2, 0.25) is 5.91 Å². The summed E-state index contributed by atoms with van der Waals surface area (Å²) in [6.07, 6.45) is 0. The van der Waals surface area contributed by atoms with Crippen LogP contribution in [-0.4, -0.2) is 17.4 Å². The Bertz CT molecular complexity index is 704. The number of rotatable bonds is 6. The fourth-order valence-corrected chi connectivity index (χ4v) is 2.04. The lowest BCUT2D eigenvalue weighted by Crippen LogP contribution is -2.32. The van der Waals surface area contributed by atoms with Crippen LogP contribution in [0.15, 0.2) is 48.5 Å². The van der Waals surface area contributed by atoms with Crippen molar-refractivity contribution in [1.82, 2.24) is 5.32 Å². The van der Waals surface area contributed by atoms with Gasteiger partial charge >= 0.3 is 0 Å². The second-order valence-electron chi connectivity index (χ2n) is 5.00. The first-order valence-corrected chi connectivity index (χ1v) is 6.99. The molecule has 6 nitrogen and oxygen atoms in total. The highest BCUT2D eigenvalue weighted by molar-refractivity contribution is 5.81. The van der Waals surface area contributed by atoms with Crippen LogP contribution in [0.25, 0.3) is 0 Å². The minimum Gasteiger partial charge on any atom is -0.376 e. The molecule has 1 atom stereocenters. The van der Waals surface area contributed by atoms with Gasteiger partial charge in [0.05, 0.1) is 17.5 Å². The standard InChI is InChI=1S/C16H16FN3O3/c1-11(12-5-7-13(17)8-6-12)19-16(21)10-18-14-3-2-4-15(9-14)20(22)23/h2-9,11,18H,10H2,1H3,(H,19,21)/t11-/m1/s1. The number of nitrogens with one attached hydrogen (secondary N) is 2. The summed E-state index contributed by atoms with van der Waals surface area (Å²) in [7, 11) is 0. The molecule has 0 saturated heterocycles. The molecule has 0 bridgehead atoms. The smallest absolute Gasteiger partial charge is 0.271 e. The van der Waals surface area contributed by atoms with E-state index in [0.717, 1.165) is 5.56 Å². The van der Waals surface area contributed by atoms with Gasteiger partial charge in [-0.2, -0.15) is 0 Å². The van der Waals surface area contributed by atoms with Gasteiger partial charge in [0.1, 0.15) is 5.82 Å². The van der Waals surface area contributed by atoms with E-state index in [2.05, 4.69) is 10.6 Å². The third kappa shape index (κ3) is 4.77. The minimum atomic E-state index is -0.498. The summed E-state index contributed by atoms with van der Waals surface area (Å²) >= 11 is 0. The summed E-state index contributed by atoms with van der Waals surface area (Å²) in [6.45, 7) is 1.77. The molecular weight excluding hydrogens is 301 g/mol. The zero-order valence-corrected chi connectivity index (χ0v) is 12.5. The molecule has 2 N–H and O–H groups in total. The number of anilines is 1. The Labute approximate surface area is 132 Å². The number of carbonyl (C=O) groups is 1. The predicted octanol–water partition coefficient (Wildman–Crippen LogP) is 3.02. The lowest BCUT2D eigenvalue weighted by Gasteiger charge is -2.15. The predicted molar refractivity (Wildman–Crippen MR) is 84.5 cm³/mol. The average molecular weight is 317 g/mol. The zero-order valence-electron chi connectivity index (χ0n) is 12.5. The average Bonchev–Trinajstić information content (AvgIpc) is 2.53. The van der Waals surface area contributed by atoms with E-state index < -0.39 is 4.92 Å². The molecule has 0 aliphatic carbocycles. The third-order valence-corrected chi connectivity index (χ3v) is 3.26. The van der Waals surface area contributed by atoms with Crippen LogP contribution in [0, 0.1) is 15.9 Å². The highest BCUT2D eigenvalue weighted by Crippen LogP contribution is 2.17. The van der Waals surface area contributed by atoms with E-state index in [1.165, 1.54) is 24.3 Å². The van der Waals surface area contributed by atoms with Gasteiger partial charge in [-0.15, -0.1) is 0 Å². The van der Waals surface area contributed by atoms with Crippen molar-refractivity contribution in [3.05, 3.63) is 70.0 Å².